The molecule has 1 aliphatic heterocycles. The van der Waals surface area contributed by atoms with Crippen LogP contribution in [0.2, 0.25) is 0 Å². The van der Waals surface area contributed by atoms with E-state index in [1.54, 1.807) is 0 Å². The first-order valence-electron chi connectivity index (χ1n) is 6.14. The van der Waals surface area contributed by atoms with E-state index in [1.165, 1.54) is 17.2 Å². The number of rotatable bonds is 3. The van der Waals surface area contributed by atoms with Crippen molar-refractivity contribution in [3.05, 3.63) is 23.1 Å². The molecule has 1 aliphatic rings. The quantitative estimate of drug-likeness (QED) is 0.395. The Morgan fingerprint density at radius 1 is 1.55 bits per heavy atom. The van der Waals surface area contributed by atoms with Gasteiger partial charge in [-0.1, -0.05) is 5.11 Å². The van der Waals surface area contributed by atoms with Crippen molar-refractivity contribution in [3.63, 3.8) is 0 Å². The first-order valence-corrected chi connectivity index (χ1v) is 6.14. The molecule has 2 aromatic heterocycles. The first kappa shape index (κ1) is 14.4. The molecule has 0 spiro atoms. The van der Waals surface area contributed by atoms with Gasteiger partial charge < -0.3 is 20.7 Å². The monoisotopic (exact) mass is 310 g/mol. The topological polar surface area (TPSA) is 168 Å². The molecule has 3 heterocycles. The summed E-state index contributed by atoms with van der Waals surface area (Å²) in [6, 6.07) is 0. The van der Waals surface area contributed by atoms with Crippen LogP contribution in [0, 0.1) is 0 Å². The van der Waals surface area contributed by atoms with Gasteiger partial charge in [-0.05, 0) is 5.53 Å². The maximum Gasteiger partial charge on any atom is 0.201 e. The number of fused-ring (bicyclic) bond motifs is 1. The standard InChI is InChI=1S/C10H11FN8O3/c11-4-6(21)10(1-20,17-18-13)22-9(4)19-3-16-5-7(12)14-2-15-8(5)19/h2-4,6,9,20-21H,1H2,(H2,12,14,15)/t4?,6-,9+,10+/m0/s1. The number of ether oxygens (including phenoxy) is 1. The average Bonchev–Trinajstić information content (AvgIpc) is 3.04. The number of hydrogen-bond donors (Lipinski definition) is 3. The van der Waals surface area contributed by atoms with Crippen LogP contribution in [0.1, 0.15) is 6.23 Å². The summed E-state index contributed by atoms with van der Waals surface area (Å²) in [6.07, 6.45) is -2.85. The Bertz CT molecular complexity index is 762. The predicted octanol–water partition coefficient (Wildman–Crippen LogP) is -0.365. The number of imidazole rings is 1. The smallest absolute Gasteiger partial charge is 0.201 e. The van der Waals surface area contributed by atoms with Gasteiger partial charge in [0.15, 0.2) is 23.9 Å². The van der Waals surface area contributed by atoms with Crippen molar-refractivity contribution in [2.75, 3.05) is 12.3 Å². The summed E-state index contributed by atoms with van der Waals surface area (Å²) in [6.45, 7) is -0.890. The van der Waals surface area contributed by atoms with Crippen molar-refractivity contribution in [1.82, 2.24) is 19.5 Å². The Morgan fingerprint density at radius 2 is 2.32 bits per heavy atom. The number of hydrogen-bond acceptors (Lipinski definition) is 8. The number of aromatic nitrogens is 4. The molecule has 0 amide bonds. The van der Waals surface area contributed by atoms with E-state index in [0.717, 1.165) is 0 Å². The zero-order chi connectivity index (χ0) is 15.9. The number of aliphatic hydroxyl groups excluding tert-OH is 2. The first-order chi connectivity index (χ1) is 10.5. The molecule has 4 N–H and O–H groups in total. The fourth-order valence-electron chi connectivity index (χ4n) is 2.34. The number of alkyl halides is 1. The van der Waals surface area contributed by atoms with Gasteiger partial charge in [0.2, 0.25) is 5.72 Å². The van der Waals surface area contributed by atoms with E-state index < -0.39 is 30.8 Å². The molecule has 2 aromatic rings. The molecule has 1 saturated heterocycles. The summed E-state index contributed by atoms with van der Waals surface area (Å²) in [7, 11) is 0. The lowest BCUT2D eigenvalue weighted by molar-refractivity contribution is -0.122. The van der Waals surface area contributed by atoms with Gasteiger partial charge in [-0.15, -0.1) is 0 Å². The van der Waals surface area contributed by atoms with E-state index in [0.29, 0.717) is 0 Å². The number of nitrogen functional groups attached to an aromatic ring is 1. The number of nitrogens with zero attached hydrogens (tertiary/aromatic N) is 7. The summed E-state index contributed by atoms with van der Waals surface area (Å²) in [5.74, 6) is 0.0983. The summed E-state index contributed by atoms with van der Waals surface area (Å²) < 4.78 is 20.9. The molecule has 22 heavy (non-hydrogen) atoms. The second kappa shape index (κ2) is 5.03. The largest absolute Gasteiger partial charge is 0.393 e. The van der Waals surface area contributed by atoms with Crippen LogP contribution in [0.25, 0.3) is 21.6 Å². The van der Waals surface area contributed by atoms with E-state index in [-0.39, 0.29) is 17.0 Å². The second-order valence-corrected chi connectivity index (χ2v) is 4.67. The molecule has 11 nitrogen and oxygen atoms in total. The molecule has 0 saturated carbocycles. The van der Waals surface area contributed by atoms with Crippen molar-refractivity contribution < 1.29 is 19.3 Å². The third-order valence-corrected chi connectivity index (χ3v) is 3.46. The lowest BCUT2D eigenvalue weighted by Gasteiger charge is -2.23. The normalized spacial score (nSPS) is 31.3. The number of aliphatic hydroxyl groups is 2. The van der Waals surface area contributed by atoms with Gasteiger partial charge in [-0.2, -0.15) is 0 Å². The van der Waals surface area contributed by atoms with Crippen LogP contribution in [0.3, 0.4) is 0 Å². The Kier molecular flexibility index (Phi) is 3.30. The SMILES string of the molecule is [N-]=[N+]=N[C@]1(CO)O[C@@H](n2cnc3c(N)ncnc32)C(F)[C@@H]1O. The van der Waals surface area contributed by atoms with Crippen LogP contribution in [-0.2, 0) is 4.74 Å². The lowest BCUT2D eigenvalue weighted by atomic mass is 10.1. The van der Waals surface area contributed by atoms with E-state index in [2.05, 4.69) is 25.0 Å². The minimum atomic E-state index is -2.12. The van der Waals surface area contributed by atoms with Crippen molar-refractivity contribution in [2.24, 2.45) is 5.11 Å². The third kappa shape index (κ3) is 1.86. The summed E-state index contributed by atoms with van der Waals surface area (Å²) >= 11 is 0. The summed E-state index contributed by atoms with van der Waals surface area (Å²) in [5, 5.41) is 22.4. The fraction of sp³-hybridized carbons (Fsp3) is 0.500. The van der Waals surface area contributed by atoms with Gasteiger partial charge in [-0.25, -0.2) is 19.3 Å². The Hall–Kier alpha value is -2.53. The van der Waals surface area contributed by atoms with E-state index in [9.17, 15) is 14.6 Å². The molecule has 0 radical (unpaired) electrons. The zero-order valence-electron chi connectivity index (χ0n) is 11.0. The van der Waals surface area contributed by atoms with Crippen LogP contribution in [-0.4, -0.2) is 54.3 Å². The minimum absolute atomic E-state index is 0.0983. The second-order valence-electron chi connectivity index (χ2n) is 4.67. The molecule has 0 aromatic carbocycles. The van der Waals surface area contributed by atoms with Gasteiger partial charge in [0.25, 0.3) is 0 Å². The highest BCUT2D eigenvalue weighted by Gasteiger charge is 2.56. The number of nitrogens with two attached hydrogens (primary N) is 1. The fourth-order valence-corrected chi connectivity index (χ4v) is 2.34. The molecule has 3 rings (SSSR count). The van der Waals surface area contributed by atoms with E-state index in [1.807, 2.05) is 0 Å². The van der Waals surface area contributed by atoms with Crippen LogP contribution in [0.4, 0.5) is 10.2 Å². The van der Waals surface area contributed by atoms with Crippen LogP contribution in [0.15, 0.2) is 17.8 Å². The van der Waals surface area contributed by atoms with Gasteiger partial charge in [0.05, 0.1) is 12.9 Å². The minimum Gasteiger partial charge on any atom is -0.393 e. The Morgan fingerprint density at radius 3 is 3.00 bits per heavy atom. The highest BCUT2D eigenvalue weighted by atomic mass is 19.1. The molecule has 0 aliphatic carbocycles. The van der Waals surface area contributed by atoms with Gasteiger partial charge >= 0.3 is 0 Å². The average molecular weight is 310 g/mol. The number of azide groups is 1. The van der Waals surface area contributed by atoms with E-state index >= 15 is 0 Å². The van der Waals surface area contributed by atoms with Crippen LogP contribution >= 0.6 is 0 Å². The third-order valence-electron chi connectivity index (χ3n) is 3.46. The van der Waals surface area contributed by atoms with Crippen LogP contribution in [0.5, 0.6) is 0 Å². The maximum absolute atomic E-state index is 14.4. The maximum atomic E-state index is 14.4. The zero-order valence-corrected chi connectivity index (χ0v) is 11.0. The van der Waals surface area contributed by atoms with Gasteiger partial charge in [0.1, 0.15) is 17.9 Å². The molecule has 12 heteroatoms. The number of anilines is 1. The lowest BCUT2D eigenvalue weighted by Crippen LogP contribution is -2.43. The van der Waals surface area contributed by atoms with Crippen molar-refractivity contribution in [3.8, 4) is 0 Å². The van der Waals surface area contributed by atoms with Crippen molar-refractivity contribution in [2.45, 2.75) is 24.2 Å². The Labute approximate surface area is 121 Å². The predicted molar refractivity (Wildman–Crippen MR) is 69.7 cm³/mol. The molecule has 4 atom stereocenters. The van der Waals surface area contributed by atoms with Gasteiger partial charge in [-0.3, -0.25) is 4.57 Å². The molecule has 0 bridgehead atoms. The molecule has 1 fully saturated rings. The van der Waals surface area contributed by atoms with Crippen molar-refractivity contribution >= 4 is 17.0 Å². The summed E-state index contributed by atoms with van der Waals surface area (Å²) in [5.41, 5.74) is 12.5. The molecular formula is C10H11FN8O3. The summed E-state index contributed by atoms with van der Waals surface area (Å²) in [4.78, 5) is 14.1. The molecule has 116 valence electrons. The highest BCUT2D eigenvalue weighted by Crippen LogP contribution is 2.41. The molecule has 1 unspecified atom stereocenters. The molecular weight excluding hydrogens is 299 g/mol. The Balaban J connectivity index is 2.08. The number of halogens is 1. The van der Waals surface area contributed by atoms with Crippen molar-refractivity contribution in [1.29, 1.82) is 0 Å². The van der Waals surface area contributed by atoms with E-state index in [4.69, 9.17) is 16.0 Å². The van der Waals surface area contributed by atoms with Crippen LogP contribution < -0.4 is 5.73 Å². The highest BCUT2D eigenvalue weighted by molar-refractivity contribution is 5.81. The van der Waals surface area contributed by atoms with Gasteiger partial charge in [0, 0.05) is 4.91 Å².